The van der Waals surface area contributed by atoms with E-state index in [0.717, 1.165) is 12.0 Å². The Morgan fingerprint density at radius 1 is 1.00 bits per heavy atom. The van der Waals surface area contributed by atoms with Crippen molar-refractivity contribution in [2.75, 3.05) is 0 Å². The summed E-state index contributed by atoms with van der Waals surface area (Å²) in [6, 6.07) is 18.8. The molecule has 0 N–H and O–H groups in total. The van der Waals surface area contributed by atoms with Gasteiger partial charge in [-0.1, -0.05) is 54.6 Å². The topological polar surface area (TPSA) is 12.4 Å². The molecule has 2 aromatic carbocycles. The second-order valence-electron chi connectivity index (χ2n) is 4.78. The highest BCUT2D eigenvalue weighted by molar-refractivity contribution is 5.80. The Morgan fingerprint density at radius 2 is 1.71 bits per heavy atom. The third-order valence-electron chi connectivity index (χ3n) is 3.43. The SMILES string of the molecule is CC1(N=Cc2ccccc2)Cc2ccccc21. The molecule has 17 heavy (non-hydrogen) atoms. The maximum absolute atomic E-state index is 4.75. The molecule has 84 valence electrons. The lowest BCUT2D eigenvalue weighted by atomic mass is 9.72. The lowest BCUT2D eigenvalue weighted by Crippen LogP contribution is -2.33. The first-order valence-electron chi connectivity index (χ1n) is 5.97. The highest BCUT2D eigenvalue weighted by atomic mass is 14.9. The molecule has 1 aliphatic rings. The van der Waals surface area contributed by atoms with Gasteiger partial charge >= 0.3 is 0 Å². The van der Waals surface area contributed by atoms with Gasteiger partial charge in [-0.3, -0.25) is 4.99 Å². The molecule has 1 atom stereocenters. The molecule has 1 nitrogen and oxygen atoms in total. The van der Waals surface area contributed by atoms with Crippen molar-refractivity contribution < 1.29 is 0 Å². The fourth-order valence-corrected chi connectivity index (χ4v) is 2.43. The largest absolute Gasteiger partial charge is 0.281 e. The molecular formula is C16H15N. The molecule has 1 unspecified atom stereocenters. The van der Waals surface area contributed by atoms with Crippen LogP contribution in [0.25, 0.3) is 0 Å². The van der Waals surface area contributed by atoms with E-state index in [9.17, 15) is 0 Å². The fourth-order valence-electron chi connectivity index (χ4n) is 2.43. The monoisotopic (exact) mass is 221 g/mol. The Bertz CT molecular complexity index is 557. The quantitative estimate of drug-likeness (QED) is 0.687. The molecule has 0 spiro atoms. The van der Waals surface area contributed by atoms with Crippen molar-refractivity contribution in [3.63, 3.8) is 0 Å². The number of rotatable bonds is 2. The maximum atomic E-state index is 4.75. The maximum Gasteiger partial charge on any atom is 0.0871 e. The van der Waals surface area contributed by atoms with Crippen LogP contribution in [0.15, 0.2) is 59.6 Å². The Morgan fingerprint density at radius 3 is 2.47 bits per heavy atom. The van der Waals surface area contributed by atoms with Crippen molar-refractivity contribution >= 4 is 6.21 Å². The van der Waals surface area contributed by atoms with Crippen molar-refractivity contribution in [3.05, 3.63) is 71.3 Å². The van der Waals surface area contributed by atoms with Gasteiger partial charge in [0.15, 0.2) is 0 Å². The molecule has 0 aromatic heterocycles. The van der Waals surface area contributed by atoms with Gasteiger partial charge in [0.1, 0.15) is 0 Å². The molecule has 0 aliphatic heterocycles. The minimum Gasteiger partial charge on any atom is -0.281 e. The summed E-state index contributed by atoms with van der Waals surface area (Å²) < 4.78 is 0. The predicted octanol–water partition coefficient (Wildman–Crippen LogP) is 3.58. The van der Waals surface area contributed by atoms with E-state index in [-0.39, 0.29) is 5.54 Å². The van der Waals surface area contributed by atoms with Crippen LogP contribution in [-0.4, -0.2) is 6.21 Å². The minimum absolute atomic E-state index is 0.0214. The third-order valence-corrected chi connectivity index (χ3v) is 3.43. The average Bonchev–Trinajstić information content (AvgIpc) is 2.37. The van der Waals surface area contributed by atoms with E-state index in [1.54, 1.807) is 0 Å². The van der Waals surface area contributed by atoms with Crippen molar-refractivity contribution in [2.45, 2.75) is 18.9 Å². The van der Waals surface area contributed by atoms with E-state index in [1.165, 1.54) is 11.1 Å². The van der Waals surface area contributed by atoms with Crippen LogP contribution in [-0.2, 0) is 12.0 Å². The van der Waals surface area contributed by atoms with Gasteiger partial charge < -0.3 is 0 Å². The van der Waals surface area contributed by atoms with Crippen LogP contribution in [0.1, 0.15) is 23.6 Å². The van der Waals surface area contributed by atoms with Crippen LogP contribution in [0.3, 0.4) is 0 Å². The van der Waals surface area contributed by atoms with Gasteiger partial charge in [-0.2, -0.15) is 0 Å². The highest BCUT2D eigenvalue weighted by Gasteiger charge is 2.36. The molecule has 0 bridgehead atoms. The van der Waals surface area contributed by atoms with Gasteiger partial charge in [0.05, 0.1) is 5.54 Å². The van der Waals surface area contributed by atoms with Crippen LogP contribution in [0.4, 0.5) is 0 Å². The van der Waals surface area contributed by atoms with Crippen LogP contribution in [0.2, 0.25) is 0 Å². The average molecular weight is 221 g/mol. The van der Waals surface area contributed by atoms with Crippen molar-refractivity contribution in [1.29, 1.82) is 0 Å². The summed E-state index contributed by atoms with van der Waals surface area (Å²) in [6.45, 7) is 2.20. The van der Waals surface area contributed by atoms with Crippen LogP contribution >= 0.6 is 0 Å². The summed E-state index contributed by atoms with van der Waals surface area (Å²) in [4.78, 5) is 4.75. The molecule has 3 rings (SSSR count). The van der Waals surface area contributed by atoms with Crippen molar-refractivity contribution in [3.8, 4) is 0 Å². The van der Waals surface area contributed by atoms with Crippen LogP contribution in [0, 0.1) is 0 Å². The van der Waals surface area contributed by atoms with E-state index in [2.05, 4.69) is 43.3 Å². The Labute approximate surface area is 102 Å². The zero-order valence-corrected chi connectivity index (χ0v) is 9.93. The molecule has 0 saturated carbocycles. The number of aliphatic imine (C=N–C) groups is 1. The van der Waals surface area contributed by atoms with Gasteiger partial charge in [-0.05, 0) is 23.6 Å². The first kappa shape index (κ1) is 10.3. The highest BCUT2D eigenvalue weighted by Crippen LogP contribution is 2.41. The smallest absolute Gasteiger partial charge is 0.0871 e. The molecule has 0 radical (unpaired) electrons. The van der Waals surface area contributed by atoms with E-state index < -0.39 is 0 Å². The van der Waals surface area contributed by atoms with Crippen molar-refractivity contribution in [2.24, 2.45) is 4.99 Å². The number of fused-ring (bicyclic) bond motifs is 1. The summed E-state index contributed by atoms with van der Waals surface area (Å²) in [7, 11) is 0. The number of hydrogen-bond acceptors (Lipinski definition) is 1. The predicted molar refractivity (Wildman–Crippen MR) is 71.5 cm³/mol. The summed E-state index contributed by atoms with van der Waals surface area (Å²) >= 11 is 0. The summed E-state index contributed by atoms with van der Waals surface area (Å²) in [6.07, 6.45) is 3.03. The summed E-state index contributed by atoms with van der Waals surface area (Å²) in [5, 5.41) is 0. The second-order valence-corrected chi connectivity index (χ2v) is 4.78. The number of nitrogens with zero attached hydrogens (tertiary/aromatic N) is 1. The van der Waals surface area contributed by atoms with Gasteiger partial charge in [0, 0.05) is 12.6 Å². The lowest BCUT2D eigenvalue weighted by molar-refractivity contribution is 0.434. The number of hydrogen-bond donors (Lipinski definition) is 0. The molecule has 0 amide bonds. The van der Waals surface area contributed by atoms with E-state index >= 15 is 0 Å². The van der Waals surface area contributed by atoms with Gasteiger partial charge in [0.25, 0.3) is 0 Å². The first-order valence-corrected chi connectivity index (χ1v) is 5.97. The van der Waals surface area contributed by atoms with Gasteiger partial charge in [0.2, 0.25) is 0 Å². The molecular weight excluding hydrogens is 206 g/mol. The van der Waals surface area contributed by atoms with Crippen molar-refractivity contribution in [1.82, 2.24) is 0 Å². The molecule has 1 heteroatoms. The lowest BCUT2D eigenvalue weighted by Gasteiger charge is -2.37. The molecule has 0 fully saturated rings. The van der Waals surface area contributed by atoms with E-state index in [1.807, 2.05) is 24.4 Å². The molecule has 2 aromatic rings. The molecule has 0 saturated heterocycles. The minimum atomic E-state index is -0.0214. The fraction of sp³-hybridized carbons (Fsp3) is 0.188. The zero-order chi connectivity index (χ0) is 11.7. The van der Waals surface area contributed by atoms with Crippen LogP contribution < -0.4 is 0 Å². The number of benzene rings is 2. The van der Waals surface area contributed by atoms with Gasteiger partial charge in [-0.25, -0.2) is 0 Å². The van der Waals surface area contributed by atoms with E-state index in [4.69, 9.17) is 4.99 Å². The standard InChI is InChI=1S/C16H15N/c1-16(11-14-9-5-6-10-15(14)16)17-12-13-7-3-2-4-8-13/h2-10,12H,11H2,1H3. The summed E-state index contributed by atoms with van der Waals surface area (Å²) in [5.74, 6) is 0. The van der Waals surface area contributed by atoms with E-state index in [0.29, 0.717) is 0 Å². The normalized spacial score (nSPS) is 22.2. The molecule has 0 heterocycles. The molecule has 1 aliphatic carbocycles. The van der Waals surface area contributed by atoms with Gasteiger partial charge in [-0.15, -0.1) is 0 Å². The zero-order valence-electron chi connectivity index (χ0n) is 9.93. The Kier molecular flexibility index (Phi) is 2.32. The first-order chi connectivity index (χ1) is 8.28. The second kappa shape index (κ2) is 3.85. The Hall–Kier alpha value is -1.89. The summed E-state index contributed by atoms with van der Waals surface area (Å²) in [5.41, 5.74) is 3.94. The third kappa shape index (κ3) is 1.78. The van der Waals surface area contributed by atoms with Crippen LogP contribution in [0.5, 0.6) is 0 Å². The Balaban J connectivity index is 1.87.